The van der Waals surface area contributed by atoms with Crippen LogP contribution >= 0.6 is 0 Å². The summed E-state index contributed by atoms with van der Waals surface area (Å²) in [4.78, 5) is 24.1. The van der Waals surface area contributed by atoms with Crippen LogP contribution in [0, 0.1) is 11.8 Å². The van der Waals surface area contributed by atoms with Crippen LogP contribution in [0.1, 0.15) is 16.8 Å². The zero-order chi connectivity index (χ0) is 13.0. The molecule has 4 nitrogen and oxygen atoms in total. The molecular formula is C14H17NO3. The topological polar surface area (TPSA) is 55.4 Å². The van der Waals surface area contributed by atoms with Crippen LogP contribution in [0.5, 0.6) is 0 Å². The first kappa shape index (κ1) is 12.8. The van der Waals surface area contributed by atoms with Crippen molar-refractivity contribution in [2.75, 3.05) is 20.2 Å². The number of Topliss-reactive ketones (excluding diaryl/α,β-unsaturated/α-hetero) is 1. The molecule has 0 aliphatic carbocycles. The first-order valence-corrected chi connectivity index (χ1v) is 6.12. The van der Waals surface area contributed by atoms with Crippen LogP contribution in [-0.4, -0.2) is 32.0 Å². The van der Waals surface area contributed by atoms with Crippen LogP contribution in [0.3, 0.4) is 0 Å². The average Bonchev–Trinajstić information content (AvgIpc) is 2.46. The Kier molecular flexibility index (Phi) is 4.10. The average molecular weight is 247 g/mol. The van der Waals surface area contributed by atoms with Gasteiger partial charge in [0.15, 0.2) is 5.78 Å². The van der Waals surface area contributed by atoms with E-state index in [1.807, 2.05) is 18.2 Å². The fraction of sp³-hybridized carbons (Fsp3) is 0.429. The predicted octanol–water partition coefficient (Wildman–Crippen LogP) is 1.27. The molecule has 0 spiro atoms. The number of carbonyl (C=O) groups is 2. The first-order chi connectivity index (χ1) is 8.74. The summed E-state index contributed by atoms with van der Waals surface area (Å²) >= 11 is 0. The summed E-state index contributed by atoms with van der Waals surface area (Å²) in [6.45, 7) is 1.27. The van der Waals surface area contributed by atoms with Gasteiger partial charge in [-0.25, -0.2) is 0 Å². The smallest absolute Gasteiger partial charge is 0.310 e. The van der Waals surface area contributed by atoms with E-state index in [1.54, 1.807) is 12.1 Å². The van der Waals surface area contributed by atoms with Crippen LogP contribution in [0.15, 0.2) is 30.3 Å². The molecule has 0 saturated carbocycles. The fourth-order valence-corrected chi connectivity index (χ4v) is 2.39. The number of piperidine rings is 1. The molecule has 1 aliphatic rings. The minimum Gasteiger partial charge on any atom is -0.469 e. The van der Waals surface area contributed by atoms with Crippen molar-refractivity contribution in [3.05, 3.63) is 35.9 Å². The van der Waals surface area contributed by atoms with E-state index >= 15 is 0 Å². The van der Waals surface area contributed by atoms with Gasteiger partial charge in [-0.1, -0.05) is 30.3 Å². The van der Waals surface area contributed by atoms with E-state index in [4.69, 9.17) is 4.74 Å². The van der Waals surface area contributed by atoms with Crippen LogP contribution in [0.4, 0.5) is 0 Å². The van der Waals surface area contributed by atoms with Crippen molar-refractivity contribution in [1.82, 2.24) is 5.32 Å². The van der Waals surface area contributed by atoms with Crippen molar-refractivity contribution in [2.45, 2.75) is 6.42 Å². The van der Waals surface area contributed by atoms with Crippen molar-refractivity contribution in [1.29, 1.82) is 0 Å². The second-order valence-corrected chi connectivity index (χ2v) is 4.46. The maximum Gasteiger partial charge on any atom is 0.310 e. The van der Waals surface area contributed by atoms with Crippen molar-refractivity contribution in [3.63, 3.8) is 0 Å². The van der Waals surface area contributed by atoms with Gasteiger partial charge in [0.1, 0.15) is 0 Å². The normalized spacial score (nSPS) is 23.4. The molecule has 0 aromatic heterocycles. The molecule has 1 heterocycles. The third-order valence-corrected chi connectivity index (χ3v) is 3.38. The van der Waals surface area contributed by atoms with E-state index < -0.39 is 0 Å². The van der Waals surface area contributed by atoms with Gasteiger partial charge < -0.3 is 10.1 Å². The van der Waals surface area contributed by atoms with Crippen LogP contribution in [-0.2, 0) is 9.53 Å². The van der Waals surface area contributed by atoms with Gasteiger partial charge in [-0.05, 0) is 13.0 Å². The molecule has 18 heavy (non-hydrogen) atoms. The molecule has 1 aromatic carbocycles. The molecule has 0 radical (unpaired) electrons. The van der Waals surface area contributed by atoms with Crippen molar-refractivity contribution in [3.8, 4) is 0 Å². The highest BCUT2D eigenvalue weighted by Gasteiger charge is 2.36. The zero-order valence-corrected chi connectivity index (χ0v) is 10.4. The van der Waals surface area contributed by atoms with Crippen molar-refractivity contribution >= 4 is 11.8 Å². The molecule has 1 saturated heterocycles. The van der Waals surface area contributed by atoms with Gasteiger partial charge in [-0.15, -0.1) is 0 Å². The lowest BCUT2D eigenvalue weighted by Crippen LogP contribution is -2.44. The molecule has 1 fully saturated rings. The largest absolute Gasteiger partial charge is 0.469 e. The van der Waals surface area contributed by atoms with Gasteiger partial charge in [-0.2, -0.15) is 0 Å². The number of ether oxygens (including phenoxy) is 1. The Hall–Kier alpha value is -1.68. The lowest BCUT2D eigenvalue weighted by molar-refractivity contribution is -0.147. The number of hydrogen-bond acceptors (Lipinski definition) is 4. The zero-order valence-electron chi connectivity index (χ0n) is 10.4. The summed E-state index contributed by atoms with van der Waals surface area (Å²) in [7, 11) is 1.36. The van der Waals surface area contributed by atoms with E-state index in [0.717, 1.165) is 6.54 Å². The number of benzene rings is 1. The third-order valence-electron chi connectivity index (χ3n) is 3.38. The van der Waals surface area contributed by atoms with Gasteiger partial charge in [0.05, 0.1) is 13.0 Å². The second-order valence-electron chi connectivity index (χ2n) is 4.46. The van der Waals surface area contributed by atoms with E-state index in [2.05, 4.69) is 5.32 Å². The maximum atomic E-state index is 12.4. The lowest BCUT2D eigenvalue weighted by atomic mass is 9.81. The van der Waals surface area contributed by atoms with Crippen molar-refractivity contribution < 1.29 is 14.3 Å². The SMILES string of the molecule is COC(=O)C1CNCCC1C(=O)c1ccccc1. The molecule has 96 valence electrons. The molecule has 4 heteroatoms. The number of esters is 1. The highest BCUT2D eigenvalue weighted by molar-refractivity contribution is 6.00. The van der Waals surface area contributed by atoms with E-state index in [9.17, 15) is 9.59 Å². The molecule has 0 amide bonds. The third kappa shape index (κ3) is 2.59. The highest BCUT2D eigenvalue weighted by Crippen LogP contribution is 2.24. The number of nitrogens with one attached hydrogen (secondary N) is 1. The molecule has 2 atom stereocenters. The van der Waals surface area contributed by atoms with Crippen LogP contribution in [0.2, 0.25) is 0 Å². The number of ketones is 1. The fourth-order valence-electron chi connectivity index (χ4n) is 2.39. The summed E-state index contributed by atoms with van der Waals surface area (Å²) < 4.78 is 4.77. The first-order valence-electron chi connectivity index (χ1n) is 6.12. The molecule has 0 bridgehead atoms. The van der Waals surface area contributed by atoms with E-state index in [0.29, 0.717) is 18.5 Å². The number of hydrogen-bond donors (Lipinski definition) is 1. The molecule has 1 aromatic rings. The monoisotopic (exact) mass is 247 g/mol. The minimum atomic E-state index is -0.378. The standard InChI is InChI=1S/C14H17NO3/c1-18-14(17)12-9-15-8-7-11(12)13(16)10-5-3-2-4-6-10/h2-6,11-12,15H,7-9H2,1H3. The Bertz CT molecular complexity index is 430. The Balaban J connectivity index is 2.19. The molecule has 1 aliphatic heterocycles. The second kappa shape index (κ2) is 5.78. The summed E-state index contributed by atoms with van der Waals surface area (Å²) in [5.74, 6) is -0.929. The van der Waals surface area contributed by atoms with Crippen LogP contribution in [0.25, 0.3) is 0 Å². The van der Waals surface area contributed by atoms with E-state index in [1.165, 1.54) is 7.11 Å². The Morgan fingerprint density at radius 1 is 1.22 bits per heavy atom. The number of methoxy groups -OCH3 is 1. The number of carbonyl (C=O) groups excluding carboxylic acids is 2. The van der Waals surface area contributed by atoms with Gasteiger partial charge >= 0.3 is 5.97 Å². The van der Waals surface area contributed by atoms with Crippen molar-refractivity contribution in [2.24, 2.45) is 11.8 Å². The maximum absolute atomic E-state index is 12.4. The molecule has 2 unspecified atom stereocenters. The van der Waals surface area contributed by atoms with E-state index in [-0.39, 0.29) is 23.6 Å². The van der Waals surface area contributed by atoms with Gasteiger partial charge in [0.25, 0.3) is 0 Å². The summed E-state index contributed by atoms with van der Waals surface area (Å²) in [6, 6.07) is 9.12. The Morgan fingerprint density at radius 2 is 1.94 bits per heavy atom. The van der Waals surface area contributed by atoms with Gasteiger partial charge in [0.2, 0.25) is 0 Å². The Labute approximate surface area is 106 Å². The van der Waals surface area contributed by atoms with Gasteiger partial charge in [-0.3, -0.25) is 9.59 Å². The Morgan fingerprint density at radius 3 is 2.61 bits per heavy atom. The molecular weight excluding hydrogens is 230 g/mol. The number of rotatable bonds is 3. The highest BCUT2D eigenvalue weighted by atomic mass is 16.5. The molecule has 2 rings (SSSR count). The quantitative estimate of drug-likeness (QED) is 0.645. The molecule has 1 N–H and O–H groups in total. The van der Waals surface area contributed by atoms with Gasteiger partial charge in [0, 0.05) is 18.0 Å². The summed E-state index contributed by atoms with van der Waals surface area (Å²) in [6.07, 6.45) is 0.674. The predicted molar refractivity (Wildman–Crippen MR) is 67.3 cm³/mol. The summed E-state index contributed by atoms with van der Waals surface area (Å²) in [5, 5.41) is 3.13. The van der Waals surface area contributed by atoms with Crippen LogP contribution < -0.4 is 5.32 Å². The lowest BCUT2D eigenvalue weighted by Gasteiger charge is -2.29. The minimum absolute atomic E-state index is 0.0347. The summed E-state index contributed by atoms with van der Waals surface area (Å²) in [5.41, 5.74) is 0.665.